The maximum Gasteiger partial charge on any atom is 0.228 e. The molecule has 1 heterocycles. The highest BCUT2D eigenvalue weighted by molar-refractivity contribution is 7.94. The summed E-state index contributed by atoms with van der Waals surface area (Å²) in [5, 5.41) is 2.79. The molecule has 0 fully saturated rings. The van der Waals surface area contributed by atoms with Gasteiger partial charge in [0.2, 0.25) is 5.91 Å². The van der Waals surface area contributed by atoms with E-state index < -0.39 is 0 Å². The highest BCUT2D eigenvalue weighted by atomic mass is 32.2. The van der Waals surface area contributed by atoms with E-state index in [0.29, 0.717) is 13.0 Å². The number of anilines is 1. The van der Waals surface area contributed by atoms with Crippen molar-refractivity contribution in [2.75, 3.05) is 11.9 Å². The summed E-state index contributed by atoms with van der Waals surface area (Å²) < 4.78 is 5.22. The van der Waals surface area contributed by atoms with Crippen LogP contribution in [0.1, 0.15) is 12.5 Å². The Morgan fingerprint density at radius 3 is 3.21 bits per heavy atom. The Morgan fingerprint density at radius 2 is 2.43 bits per heavy atom. The molecule has 0 radical (unpaired) electrons. The minimum absolute atomic E-state index is 0.0681. The van der Waals surface area contributed by atoms with Crippen molar-refractivity contribution in [2.45, 2.75) is 18.2 Å². The molecule has 0 aliphatic carbocycles. The van der Waals surface area contributed by atoms with E-state index in [1.54, 1.807) is 0 Å². The molecule has 4 heteroatoms. The summed E-state index contributed by atoms with van der Waals surface area (Å²) in [6.45, 7) is 2.63. The van der Waals surface area contributed by atoms with Crippen LogP contribution in [0, 0.1) is 0 Å². The van der Waals surface area contributed by atoms with Gasteiger partial charge in [-0.1, -0.05) is 0 Å². The van der Waals surface area contributed by atoms with Gasteiger partial charge < -0.3 is 9.50 Å². The fraction of sp³-hybridized carbons (Fsp3) is 0.300. The number of amides is 1. The number of rotatable bonds is 3. The molecule has 0 unspecified atom stereocenters. The first kappa shape index (κ1) is 9.55. The van der Waals surface area contributed by atoms with Gasteiger partial charge in [-0.25, -0.2) is 0 Å². The average Bonchev–Trinajstić information content (AvgIpc) is 2.54. The number of fused-ring (bicyclic) bond motifs is 1. The molecule has 1 N–H and O–H groups in total. The molecule has 14 heavy (non-hydrogen) atoms. The molecule has 1 aromatic carbocycles. The molecule has 1 aliphatic heterocycles. The molecule has 0 saturated heterocycles. The maximum atomic E-state index is 11.1. The third-order valence-electron chi connectivity index (χ3n) is 1.97. The van der Waals surface area contributed by atoms with E-state index >= 15 is 0 Å². The van der Waals surface area contributed by atoms with Crippen molar-refractivity contribution >= 4 is 23.6 Å². The van der Waals surface area contributed by atoms with Gasteiger partial charge in [0, 0.05) is 22.6 Å². The molecule has 3 nitrogen and oxygen atoms in total. The van der Waals surface area contributed by atoms with Gasteiger partial charge in [-0.15, -0.1) is 0 Å². The predicted octanol–water partition coefficient (Wildman–Crippen LogP) is 2.22. The Balaban J connectivity index is 2.16. The van der Waals surface area contributed by atoms with E-state index in [1.807, 2.05) is 25.1 Å². The average molecular weight is 209 g/mol. The monoisotopic (exact) mass is 209 g/mol. The van der Waals surface area contributed by atoms with Crippen LogP contribution in [-0.2, 0) is 15.4 Å². The SMILES string of the molecule is CCOSc1ccc2c(c1)CC(=O)N2. The van der Waals surface area contributed by atoms with Crippen molar-refractivity contribution in [2.24, 2.45) is 0 Å². The quantitative estimate of drug-likeness (QED) is 0.776. The molecule has 1 aliphatic rings. The lowest BCUT2D eigenvalue weighted by molar-refractivity contribution is -0.115. The summed E-state index contributed by atoms with van der Waals surface area (Å²) in [7, 11) is 0. The third kappa shape index (κ3) is 1.91. The van der Waals surface area contributed by atoms with Crippen LogP contribution < -0.4 is 5.32 Å². The molecule has 0 atom stereocenters. The van der Waals surface area contributed by atoms with Crippen LogP contribution in [0.3, 0.4) is 0 Å². The van der Waals surface area contributed by atoms with Gasteiger partial charge in [-0.05, 0) is 30.7 Å². The van der Waals surface area contributed by atoms with Crippen LogP contribution in [0.5, 0.6) is 0 Å². The molecule has 74 valence electrons. The molecular weight excluding hydrogens is 198 g/mol. The molecule has 0 bridgehead atoms. The second kappa shape index (κ2) is 4.02. The van der Waals surface area contributed by atoms with Crippen LogP contribution in [0.25, 0.3) is 0 Å². The van der Waals surface area contributed by atoms with Crippen molar-refractivity contribution in [3.63, 3.8) is 0 Å². The Morgan fingerprint density at radius 1 is 1.57 bits per heavy atom. The van der Waals surface area contributed by atoms with Crippen molar-refractivity contribution in [3.05, 3.63) is 23.8 Å². The number of hydrogen-bond donors (Lipinski definition) is 1. The topological polar surface area (TPSA) is 38.3 Å². The van der Waals surface area contributed by atoms with Crippen molar-refractivity contribution in [3.8, 4) is 0 Å². The lowest BCUT2D eigenvalue weighted by Gasteiger charge is -2.02. The summed E-state index contributed by atoms with van der Waals surface area (Å²) in [5.41, 5.74) is 1.98. The summed E-state index contributed by atoms with van der Waals surface area (Å²) in [5.74, 6) is 0.0681. The van der Waals surface area contributed by atoms with Crippen LogP contribution >= 0.6 is 12.0 Å². The highest BCUT2D eigenvalue weighted by Gasteiger charge is 2.17. The lowest BCUT2D eigenvalue weighted by Crippen LogP contribution is -2.03. The molecule has 0 saturated carbocycles. The minimum Gasteiger partial charge on any atom is -0.326 e. The normalized spacial score (nSPS) is 13.9. The van der Waals surface area contributed by atoms with E-state index in [4.69, 9.17) is 4.18 Å². The van der Waals surface area contributed by atoms with Crippen molar-refractivity contribution in [1.82, 2.24) is 0 Å². The largest absolute Gasteiger partial charge is 0.326 e. The number of nitrogens with one attached hydrogen (secondary N) is 1. The maximum absolute atomic E-state index is 11.1. The van der Waals surface area contributed by atoms with Gasteiger partial charge in [0.1, 0.15) is 0 Å². The molecule has 0 aromatic heterocycles. The summed E-state index contributed by atoms with van der Waals surface area (Å²) in [6.07, 6.45) is 0.482. The molecule has 1 aromatic rings. The van der Waals surface area contributed by atoms with E-state index in [9.17, 15) is 4.79 Å². The first-order valence-corrected chi connectivity index (χ1v) is 5.26. The van der Waals surface area contributed by atoms with Gasteiger partial charge in [-0.3, -0.25) is 4.79 Å². The summed E-state index contributed by atoms with van der Waals surface area (Å²) in [6, 6.07) is 5.86. The first-order valence-electron chi connectivity index (χ1n) is 4.52. The highest BCUT2D eigenvalue weighted by Crippen LogP contribution is 2.28. The number of benzene rings is 1. The van der Waals surface area contributed by atoms with Crippen LogP contribution in [0.4, 0.5) is 5.69 Å². The van der Waals surface area contributed by atoms with Crippen LogP contribution in [0.15, 0.2) is 23.1 Å². The molecule has 0 spiro atoms. The Bertz CT molecular complexity index is 365. The number of carbonyl (C=O) groups is 1. The second-order valence-corrected chi connectivity index (χ2v) is 3.91. The molecule has 2 rings (SSSR count). The zero-order valence-corrected chi connectivity index (χ0v) is 8.69. The van der Waals surface area contributed by atoms with E-state index in [1.165, 1.54) is 12.0 Å². The minimum atomic E-state index is 0.0681. The van der Waals surface area contributed by atoms with E-state index in [0.717, 1.165) is 16.1 Å². The zero-order chi connectivity index (χ0) is 9.97. The van der Waals surface area contributed by atoms with Gasteiger partial charge in [0.25, 0.3) is 0 Å². The van der Waals surface area contributed by atoms with E-state index in [-0.39, 0.29) is 5.91 Å². The fourth-order valence-electron chi connectivity index (χ4n) is 1.38. The lowest BCUT2D eigenvalue weighted by atomic mass is 10.2. The Hall–Kier alpha value is -1.00. The zero-order valence-electron chi connectivity index (χ0n) is 7.87. The third-order valence-corrected chi connectivity index (χ3v) is 2.77. The van der Waals surface area contributed by atoms with Crippen molar-refractivity contribution < 1.29 is 8.98 Å². The summed E-state index contributed by atoms with van der Waals surface area (Å²) >= 11 is 1.35. The Kier molecular flexibility index (Phi) is 2.74. The standard InChI is InChI=1S/C10H11NO2S/c1-2-13-14-8-3-4-9-7(5-8)6-10(12)11-9/h3-5H,2,6H2,1H3,(H,11,12). The molecule has 1 amide bonds. The van der Waals surface area contributed by atoms with Crippen LogP contribution in [0.2, 0.25) is 0 Å². The number of hydrogen-bond acceptors (Lipinski definition) is 3. The summed E-state index contributed by atoms with van der Waals surface area (Å²) in [4.78, 5) is 12.1. The smallest absolute Gasteiger partial charge is 0.228 e. The van der Waals surface area contributed by atoms with Gasteiger partial charge >= 0.3 is 0 Å². The number of carbonyl (C=O) groups excluding carboxylic acids is 1. The predicted molar refractivity (Wildman–Crippen MR) is 56.3 cm³/mol. The van der Waals surface area contributed by atoms with Gasteiger partial charge in [-0.2, -0.15) is 0 Å². The van der Waals surface area contributed by atoms with Gasteiger partial charge in [0.15, 0.2) is 0 Å². The Labute approximate surface area is 87.0 Å². The van der Waals surface area contributed by atoms with Crippen LogP contribution in [-0.4, -0.2) is 12.5 Å². The van der Waals surface area contributed by atoms with Gasteiger partial charge in [0.05, 0.1) is 13.0 Å². The van der Waals surface area contributed by atoms with Crippen molar-refractivity contribution in [1.29, 1.82) is 0 Å². The fourth-order valence-corrected chi connectivity index (χ4v) is 1.95. The second-order valence-electron chi connectivity index (χ2n) is 3.03. The van der Waals surface area contributed by atoms with E-state index in [2.05, 4.69) is 5.32 Å². The molecular formula is C10H11NO2S. The first-order chi connectivity index (χ1) is 6.79.